The van der Waals surface area contributed by atoms with Crippen molar-refractivity contribution in [3.63, 3.8) is 0 Å². The van der Waals surface area contributed by atoms with Gasteiger partial charge in [0, 0.05) is 31.6 Å². The van der Waals surface area contributed by atoms with Crippen LogP contribution in [0, 0.1) is 5.92 Å². The highest BCUT2D eigenvalue weighted by molar-refractivity contribution is 5.68. The maximum absolute atomic E-state index is 11.7. The molecule has 92 valence electrons. The average Bonchev–Trinajstić information content (AvgIpc) is 2.59. The highest BCUT2D eigenvalue weighted by Gasteiger charge is 2.42. The Hall–Kier alpha value is -0.810. The van der Waals surface area contributed by atoms with Crippen LogP contribution in [0.4, 0.5) is 4.79 Å². The lowest BCUT2D eigenvalue weighted by atomic mass is 9.90. The molecule has 0 aromatic carbocycles. The van der Waals surface area contributed by atoms with E-state index < -0.39 is 0 Å². The van der Waals surface area contributed by atoms with Gasteiger partial charge in [0.05, 0.1) is 13.2 Å². The van der Waals surface area contributed by atoms with Crippen molar-refractivity contribution in [3.8, 4) is 0 Å². The third-order valence-electron chi connectivity index (χ3n) is 3.55. The van der Waals surface area contributed by atoms with Gasteiger partial charge in [-0.2, -0.15) is 5.06 Å². The van der Waals surface area contributed by atoms with Gasteiger partial charge in [-0.15, -0.1) is 0 Å². The third kappa shape index (κ3) is 2.01. The van der Waals surface area contributed by atoms with Crippen LogP contribution in [0.25, 0.3) is 0 Å². The fourth-order valence-corrected chi connectivity index (χ4v) is 2.60. The first-order chi connectivity index (χ1) is 7.63. The van der Waals surface area contributed by atoms with E-state index in [0.717, 1.165) is 13.0 Å². The van der Waals surface area contributed by atoms with Crippen LogP contribution in [0.15, 0.2) is 0 Å². The summed E-state index contributed by atoms with van der Waals surface area (Å²) in [4.78, 5) is 19.0. The second kappa shape index (κ2) is 4.59. The number of piperidine rings is 1. The van der Waals surface area contributed by atoms with Crippen molar-refractivity contribution in [3.05, 3.63) is 0 Å². The molecule has 0 radical (unpaired) electrons. The van der Waals surface area contributed by atoms with Crippen LogP contribution in [0.2, 0.25) is 0 Å². The first-order valence-corrected chi connectivity index (χ1v) is 5.92. The number of carbonyl (C=O) groups is 1. The maximum atomic E-state index is 11.7. The van der Waals surface area contributed by atoms with Crippen molar-refractivity contribution in [1.29, 1.82) is 0 Å². The molecule has 0 N–H and O–H groups in total. The molecule has 2 aliphatic rings. The molecule has 16 heavy (non-hydrogen) atoms. The number of ether oxygens (including phenoxy) is 1. The van der Waals surface area contributed by atoms with Crippen molar-refractivity contribution >= 4 is 6.09 Å². The Morgan fingerprint density at radius 2 is 2.31 bits per heavy atom. The fourth-order valence-electron chi connectivity index (χ4n) is 2.60. The minimum absolute atomic E-state index is 0.192. The van der Waals surface area contributed by atoms with E-state index in [9.17, 15) is 4.79 Å². The van der Waals surface area contributed by atoms with Crippen LogP contribution in [0.5, 0.6) is 0 Å². The van der Waals surface area contributed by atoms with Crippen LogP contribution < -0.4 is 0 Å². The Balaban J connectivity index is 2.00. The minimum atomic E-state index is -0.192. The monoisotopic (exact) mass is 228 g/mol. The molecule has 2 rings (SSSR count). The van der Waals surface area contributed by atoms with Gasteiger partial charge in [0.25, 0.3) is 0 Å². The molecule has 3 atom stereocenters. The molecule has 0 aromatic rings. The van der Waals surface area contributed by atoms with Crippen LogP contribution in [-0.4, -0.2) is 54.9 Å². The van der Waals surface area contributed by atoms with E-state index in [1.54, 1.807) is 0 Å². The predicted octanol–water partition coefficient (Wildman–Crippen LogP) is 1.10. The fraction of sp³-hybridized carbons (Fsp3) is 0.909. The molecule has 0 spiro atoms. The largest absolute Gasteiger partial charge is 0.450 e. The van der Waals surface area contributed by atoms with Crippen LogP contribution in [0.1, 0.15) is 20.3 Å². The Bertz CT molecular complexity index is 272. The van der Waals surface area contributed by atoms with Crippen molar-refractivity contribution in [2.24, 2.45) is 5.92 Å². The number of fused-ring (bicyclic) bond motifs is 1. The van der Waals surface area contributed by atoms with Gasteiger partial charge in [0.2, 0.25) is 0 Å². The number of hydrogen-bond donors (Lipinski definition) is 0. The van der Waals surface area contributed by atoms with Crippen LogP contribution in [-0.2, 0) is 9.57 Å². The van der Waals surface area contributed by atoms with E-state index in [1.165, 1.54) is 0 Å². The summed E-state index contributed by atoms with van der Waals surface area (Å²) in [6, 6.07) is 0.671. The molecule has 0 aliphatic carbocycles. The molecule has 2 fully saturated rings. The van der Waals surface area contributed by atoms with Crippen molar-refractivity contribution in [2.75, 3.05) is 26.8 Å². The van der Waals surface area contributed by atoms with Gasteiger partial charge < -0.3 is 9.64 Å². The summed E-state index contributed by atoms with van der Waals surface area (Å²) in [6.07, 6.45) is 0.767. The molecule has 2 heterocycles. The SMILES string of the molecule is CCOC(=O)N1C[C@H]2CON(C)[C@H]2C[C@H]1C. The van der Waals surface area contributed by atoms with Gasteiger partial charge in [-0.1, -0.05) is 0 Å². The van der Waals surface area contributed by atoms with E-state index in [1.807, 2.05) is 23.9 Å². The minimum Gasteiger partial charge on any atom is -0.450 e. The van der Waals surface area contributed by atoms with E-state index in [2.05, 4.69) is 6.92 Å². The summed E-state index contributed by atoms with van der Waals surface area (Å²) in [6.45, 7) is 5.80. The number of amides is 1. The van der Waals surface area contributed by atoms with Gasteiger partial charge >= 0.3 is 6.09 Å². The third-order valence-corrected chi connectivity index (χ3v) is 3.55. The summed E-state index contributed by atoms with van der Waals surface area (Å²) in [5.74, 6) is 0.422. The molecule has 0 saturated carbocycles. The predicted molar refractivity (Wildman–Crippen MR) is 58.8 cm³/mol. The first-order valence-electron chi connectivity index (χ1n) is 5.92. The molecule has 5 heteroatoms. The van der Waals surface area contributed by atoms with E-state index in [4.69, 9.17) is 9.57 Å². The lowest BCUT2D eigenvalue weighted by Crippen LogP contribution is -2.52. The second-order valence-corrected chi connectivity index (χ2v) is 4.61. The van der Waals surface area contributed by atoms with E-state index in [-0.39, 0.29) is 12.1 Å². The molecule has 0 bridgehead atoms. The van der Waals surface area contributed by atoms with Gasteiger partial charge in [-0.3, -0.25) is 4.84 Å². The highest BCUT2D eigenvalue weighted by atomic mass is 16.7. The number of hydroxylamine groups is 2. The summed E-state index contributed by atoms with van der Waals surface area (Å²) < 4.78 is 5.06. The Kier molecular flexibility index (Phi) is 3.35. The topological polar surface area (TPSA) is 42.0 Å². The van der Waals surface area contributed by atoms with E-state index in [0.29, 0.717) is 25.2 Å². The molecule has 1 amide bonds. The maximum Gasteiger partial charge on any atom is 0.409 e. The zero-order chi connectivity index (χ0) is 11.7. The first kappa shape index (κ1) is 11.7. The number of likely N-dealkylation sites (tertiary alicyclic amines) is 1. The van der Waals surface area contributed by atoms with E-state index >= 15 is 0 Å². The Labute approximate surface area is 96.2 Å². The molecular formula is C11H20N2O3. The Morgan fingerprint density at radius 1 is 1.56 bits per heavy atom. The lowest BCUT2D eigenvalue weighted by molar-refractivity contribution is -0.113. The molecule has 5 nitrogen and oxygen atoms in total. The lowest BCUT2D eigenvalue weighted by Gasteiger charge is -2.39. The highest BCUT2D eigenvalue weighted by Crippen LogP contribution is 2.31. The van der Waals surface area contributed by atoms with Crippen molar-refractivity contribution < 1.29 is 14.4 Å². The zero-order valence-corrected chi connectivity index (χ0v) is 10.2. The summed E-state index contributed by atoms with van der Waals surface area (Å²) in [7, 11) is 1.97. The summed E-state index contributed by atoms with van der Waals surface area (Å²) in [5, 5.41) is 1.93. The normalized spacial score (nSPS) is 34.9. The van der Waals surface area contributed by atoms with Gasteiger partial charge in [0.1, 0.15) is 0 Å². The summed E-state index contributed by atoms with van der Waals surface area (Å²) in [5.41, 5.74) is 0. The molecule has 0 unspecified atom stereocenters. The second-order valence-electron chi connectivity index (χ2n) is 4.61. The Morgan fingerprint density at radius 3 is 3.00 bits per heavy atom. The number of hydrogen-bond acceptors (Lipinski definition) is 4. The smallest absolute Gasteiger partial charge is 0.409 e. The van der Waals surface area contributed by atoms with Crippen molar-refractivity contribution in [1.82, 2.24) is 9.96 Å². The standard InChI is InChI=1S/C11H20N2O3/c1-4-15-11(14)13-6-9-7-16-12(3)10(9)5-8(13)2/h8-10H,4-7H2,1-3H3/t8-,9+,10+/m1/s1. The number of rotatable bonds is 1. The zero-order valence-electron chi connectivity index (χ0n) is 10.2. The molecular weight excluding hydrogens is 208 g/mol. The van der Waals surface area contributed by atoms with Gasteiger partial charge in [-0.05, 0) is 20.3 Å². The number of carbonyl (C=O) groups excluding carboxylic acids is 1. The quantitative estimate of drug-likeness (QED) is 0.674. The molecule has 2 aliphatic heterocycles. The molecule has 2 saturated heterocycles. The van der Waals surface area contributed by atoms with Crippen LogP contribution >= 0.6 is 0 Å². The van der Waals surface area contributed by atoms with Gasteiger partial charge in [-0.25, -0.2) is 4.79 Å². The van der Waals surface area contributed by atoms with Crippen molar-refractivity contribution in [2.45, 2.75) is 32.4 Å². The number of nitrogens with zero attached hydrogens (tertiary/aromatic N) is 2. The van der Waals surface area contributed by atoms with Crippen LogP contribution in [0.3, 0.4) is 0 Å². The average molecular weight is 228 g/mol. The summed E-state index contributed by atoms with van der Waals surface area (Å²) >= 11 is 0. The molecule has 0 aromatic heterocycles. The van der Waals surface area contributed by atoms with Gasteiger partial charge in [0.15, 0.2) is 0 Å².